The first-order chi connectivity index (χ1) is 8.97. The van der Waals surface area contributed by atoms with Crippen LogP contribution in [0.3, 0.4) is 0 Å². The van der Waals surface area contributed by atoms with Crippen molar-refractivity contribution in [3.8, 4) is 0 Å². The second-order valence-corrected chi connectivity index (χ2v) is 5.23. The Balaban J connectivity index is 3.65. The van der Waals surface area contributed by atoms with Crippen LogP contribution < -0.4 is 10.6 Å². The molecule has 0 aliphatic carbocycles. The number of carboxylic acids is 1. The smallest absolute Gasteiger partial charge is 0.320 e. The van der Waals surface area contributed by atoms with Crippen LogP contribution in [0.15, 0.2) is 0 Å². The number of carboxylic acid groups (broad SMARTS) is 1. The molecule has 5 heteroatoms. The van der Waals surface area contributed by atoms with Gasteiger partial charge in [0.25, 0.3) is 0 Å². The molecule has 0 fully saturated rings. The van der Waals surface area contributed by atoms with Gasteiger partial charge in [0.15, 0.2) is 0 Å². The molecule has 0 heterocycles. The summed E-state index contributed by atoms with van der Waals surface area (Å²) in [4.78, 5) is 22.4. The molecule has 0 saturated carbocycles. The number of unbranched alkanes of at least 4 members (excludes halogenated alkanes) is 1. The maximum absolute atomic E-state index is 11.5. The highest BCUT2D eigenvalue weighted by molar-refractivity contribution is 5.78. The van der Waals surface area contributed by atoms with Gasteiger partial charge in [-0.05, 0) is 25.3 Å². The largest absolute Gasteiger partial charge is 0.480 e. The Hall–Kier alpha value is -1.10. The number of rotatable bonds is 11. The normalized spacial score (nSPS) is 12.4. The summed E-state index contributed by atoms with van der Waals surface area (Å²) >= 11 is 0. The molecule has 0 aromatic rings. The number of hydrogen-bond donors (Lipinski definition) is 3. The molecule has 0 aliphatic rings. The molecule has 0 aromatic carbocycles. The van der Waals surface area contributed by atoms with Gasteiger partial charge in [-0.15, -0.1) is 0 Å². The van der Waals surface area contributed by atoms with E-state index in [9.17, 15) is 9.59 Å². The van der Waals surface area contributed by atoms with Crippen molar-refractivity contribution in [1.29, 1.82) is 0 Å². The third kappa shape index (κ3) is 10.5. The molecule has 0 bridgehead atoms. The molecule has 0 aliphatic heterocycles. The Morgan fingerprint density at radius 3 is 2.37 bits per heavy atom. The van der Waals surface area contributed by atoms with Crippen molar-refractivity contribution >= 4 is 11.9 Å². The lowest BCUT2D eigenvalue weighted by Gasteiger charge is -2.12. The number of nitrogens with one attached hydrogen (secondary N) is 2. The maximum atomic E-state index is 11.5. The summed E-state index contributed by atoms with van der Waals surface area (Å²) in [7, 11) is 0. The summed E-state index contributed by atoms with van der Waals surface area (Å²) in [6.45, 7) is 7.50. The number of aliphatic carboxylic acids is 1. The molecule has 0 unspecified atom stereocenters. The second-order valence-electron chi connectivity index (χ2n) is 5.23. The summed E-state index contributed by atoms with van der Waals surface area (Å²) in [6, 6.07) is -0.628. The van der Waals surface area contributed by atoms with Crippen molar-refractivity contribution in [3.63, 3.8) is 0 Å². The maximum Gasteiger partial charge on any atom is 0.320 e. The highest BCUT2D eigenvalue weighted by atomic mass is 16.4. The summed E-state index contributed by atoms with van der Waals surface area (Å²) in [5.41, 5.74) is 0. The van der Waals surface area contributed by atoms with Crippen molar-refractivity contribution in [3.05, 3.63) is 0 Å². The summed E-state index contributed by atoms with van der Waals surface area (Å²) in [6.07, 6.45) is 3.87. The highest BCUT2D eigenvalue weighted by Crippen LogP contribution is 2.05. The van der Waals surface area contributed by atoms with Crippen molar-refractivity contribution < 1.29 is 14.7 Å². The fraction of sp³-hybridized carbons (Fsp3) is 0.857. The number of carbonyl (C=O) groups excluding carboxylic acids is 1. The molecule has 0 spiro atoms. The number of carbonyl (C=O) groups is 2. The van der Waals surface area contributed by atoms with Crippen LogP contribution in [0.5, 0.6) is 0 Å². The number of likely N-dealkylation sites (N-methyl/N-ethyl adjacent to an activating group) is 1. The Morgan fingerprint density at radius 1 is 1.16 bits per heavy atom. The van der Waals surface area contributed by atoms with E-state index < -0.39 is 12.0 Å². The van der Waals surface area contributed by atoms with Crippen LogP contribution in [-0.2, 0) is 9.59 Å². The van der Waals surface area contributed by atoms with E-state index in [1.807, 2.05) is 6.92 Å². The fourth-order valence-corrected chi connectivity index (χ4v) is 1.83. The van der Waals surface area contributed by atoms with Crippen LogP contribution in [0.1, 0.15) is 52.9 Å². The topological polar surface area (TPSA) is 78.4 Å². The van der Waals surface area contributed by atoms with Crippen molar-refractivity contribution in [2.75, 3.05) is 13.1 Å². The van der Waals surface area contributed by atoms with Gasteiger partial charge in [-0.3, -0.25) is 9.59 Å². The molecule has 0 aromatic heterocycles. The van der Waals surface area contributed by atoms with Gasteiger partial charge in [0.2, 0.25) is 5.91 Å². The van der Waals surface area contributed by atoms with Gasteiger partial charge in [-0.2, -0.15) is 0 Å². The van der Waals surface area contributed by atoms with Gasteiger partial charge < -0.3 is 15.7 Å². The molecular formula is C14H28N2O3. The van der Waals surface area contributed by atoms with Crippen molar-refractivity contribution in [2.24, 2.45) is 5.92 Å². The van der Waals surface area contributed by atoms with E-state index in [2.05, 4.69) is 24.5 Å². The lowest BCUT2D eigenvalue weighted by atomic mass is 10.1. The molecule has 0 saturated heterocycles. The van der Waals surface area contributed by atoms with Crippen molar-refractivity contribution in [1.82, 2.24) is 10.6 Å². The number of hydrogen-bond acceptors (Lipinski definition) is 3. The molecule has 0 rings (SSSR count). The van der Waals surface area contributed by atoms with Crippen LogP contribution in [-0.4, -0.2) is 36.1 Å². The van der Waals surface area contributed by atoms with Crippen LogP contribution in [0.4, 0.5) is 0 Å². The van der Waals surface area contributed by atoms with E-state index >= 15 is 0 Å². The standard InChI is InChI=1S/C14H28N2O3/c1-4-15-12(14(18)19)8-9-13(17)16-10-6-5-7-11(2)3/h11-12,15H,4-10H2,1-3H3,(H,16,17)(H,18,19)/t12-/m1/s1. The Kier molecular flexibility index (Phi) is 10.2. The van der Waals surface area contributed by atoms with E-state index in [-0.39, 0.29) is 12.3 Å². The first-order valence-corrected chi connectivity index (χ1v) is 7.20. The summed E-state index contributed by atoms with van der Waals surface area (Å²) in [5, 5.41) is 14.6. The average Bonchev–Trinajstić information content (AvgIpc) is 2.33. The zero-order valence-corrected chi connectivity index (χ0v) is 12.4. The third-order valence-corrected chi connectivity index (χ3v) is 2.94. The zero-order chi connectivity index (χ0) is 14.7. The Morgan fingerprint density at radius 2 is 1.84 bits per heavy atom. The van der Waals surface area contributed by atoms with E-state index in [1.165, 1.54) is 6.42 Å². The first-order valence-electron chi connectivity index (χ1n) is 7.20. The van der Waals surface area contributed by atoms with Gasteiger partial charge in [0.1, 0.15) is 6.04 Å². The van der Waals surface area contributed by atoms with Gasteiger partial charge in [0, 0.05) is 13.0 Å². The number of amides is 1. The fourth-order valence-electron chi connectivity index (χ4n) is 1.83. The van der Waals surface area contributed by atoms with Crippen LogP contribution in [0.2, 0.25) is 0 Å². The highest BCUT2D eigenvalue weighted by Gasteiger charge is 2.16. The predicted molar refractivity (Wildman–Crippen MR) is 76.0 cm³/mol. The van der Waals surface area contributed by atoms with Gasteiger partial charge in [-0.25, -0.2) is 0 Å². The van der Waals surface area contributed by atoms with Crippen LogP contribution >= 0.6 is 0 Å². The summed E-state index contributed by atoms with van der Waals surface area (Å²) in [5.74, 6) is -0.257. The van der Waals surface area contributed by atoms with E-state index in [1.54, 1.807) is 0 Å². The molecule has 19 heavy (non-hydrogen) atoms. The van der Waals surface area contributed by atoms with Gasteiger partial charge in [-0.1, -0.05) is 33.6 Å². The van der Waals surface area contributed by atoms with E-state index in [4.69, 9.17) is 5.11 Å². The molecule has 1 amide bonds. The minimum Gasteiger partial charge on any atom is -0.480 e. The monoisotopic (exact) mass is 272 g/mol. The third-order valence-electron chi connectivity index (χ3n) is 2.94. The van der Waals surface area contributed by atoms with Crippen molar-refractivity contribution in [2.45, 2.75) is 58.9 Å². The van der Waals surface area contributed by atoms with Gasteiger partial charge >= 0.3 is 5.97 Å². The zero-order valence-electron chi connectivity index (χ0n) is 12.4. The minimum absolute atomic E-state index is 0.0614. The van der Waals surface area contributed by atoms with Crippen LogP contribution in [0.25, 0.3) is 0 Å². The minimum atomic E-state index is -0.897. The molecular weight excluding hydrogens is 244 g/mol. The van der Waals surface area contributed by atoms with E-state index in [0.29, 0.717) is 25.4 Å². The quantitative estimate of drug-likeness (QED) is 0.501. The predicted octanol–water partition coefficient (Wildman–Crippen LogP) is 1.77. The Bertz CT molecular complexity index is 267. The van der Waals surface area contributed by atoms with E-state index in [0.717, 1.165) is 12.8 Å². The average molecular weight is 272 g/mol. The lowest BCUT2D eigenvalue weighted by Crippen LogP contribution is -2.37. The molecule has 5 nitrogen and oxygen atoms in total. The molecule has 3 N–H and O–H groups in total. The van der Waals surface area contributed by atoms with Gasteiger partial charge in [0.05, 0.1) is 0 Å². The summed E-state index contributed by atoms with van der Waals surface area (Å²) < 4.78 is 0. The second kappa shape index (κ2) is 10.8. The lowest BCUT2D eigenvalue weighted by molar-refractivity contribution is -0.139. The SMILES string of the molecule is CCN[C@H](CCC(=O)NCCCCC(C)C)C(=O)O. The van der Waals surface area contributed by atoms with Crippen LogP contribution in [0, 0.1) is 5.92 Å². The molecule has 0 radical (unpaired) electrons. The molecule has 112 valence electrons. The first kappa shape index (κ1) is 17.9. The Labute approximate surface area is 116 Å². The molecule has 1 atom stereocenters.